The molecule has 1 unspecified atom stereocenters. The molecule has 1 amide bonds. The monoisotopic (exact) mass is 566 g/mol. The van der Waals surface area contributed by atoms with Crippen LogP contribution in [0.5, 0.6) is 5.75 Å². The van der Waals surface area contributed by atoms with Crippen molar-refractivity contribution in [2.45, 2.75) is 56.5 Å². The summed E-state index contributed by atoms with van der Waals surface area (Å²) in [5.74, 6) is -8.74. The lowest BCUT2D eigenvalue weighted by Crippen LogP contribution is -2.58. The number of amides is 1. The van der Waals surface area contributed by atoms with E-state index in [0.29, 0.717) is 25.9 Å². The van der Waals surface area contributed by atoms with Crippen LogP contribution < -0.4 is 5.73 Å². The minimum absolute atomic E-state index is 0.0123. The van der Waals surface area contributed by atoms with Gasteiger partial charge >= 0.3 is 6.18 Å². The highest BCUT2D eigenvalue weighted by Crippen LogP contribution is 2.54. The third kappa shape index (κ3) is 4.18. The predicted octanol–water partition coefficient (Wildman–Crippen LogP) is 2.05. The van der Waals surface area contributed by atoms with Crippen LogP contribution in [-0.4, -0.2) is 74.7 Å². The molecule has 1 aromatic carbocycles. The van der Waals surface area contributed by atoms with Crippen molar-refractivity contribution in [3.8, 4) is 5.75 Å². The Bertz CT molecular complexity index is 1380. The molecule has 6 N–H and O–H groups in total. The van der Waals surface area contributed by atoms with Gasteiger partial charge in [0.2, 0.25) is 5.78 Å². The number of alkyl halides is 3. The number of benzene rings is 1. The van der Waals surface area contributed by atoms with E-state index in [1.54, 1.807) is 7.11 Å². The molecule has 10 nitrogen and oxygen atoms in total. The Morgan fingerprint density at radius 1 is 1.18 bits per heavy atom. The van der Waals surface area contributed by atoms with Crippen molar-refractivity contribution in [1.82, 2.24) is 4.90 Å². The van der Waals surface area contributed by atoms with Crippen LogP contribution in [0.25, 0.3) is 5.76 Å². The SMILES string of the molecule is COC1CCN(Cc2cc(O)c3c(c2C(F)(F)F)CC2C[C@H]4CC(=O)C(C(N)=O)=C(O)[C@@]4(O)C(=O)C2=C3O)CC1. The van der Waals surface area contributed by atoms with Crippen LogP contribution in [0, 0.1) is 11.8 Å². The number of hydrogen-bond donors (Lipinski definition) is 5. The van der Waals surface area contributed by atoms with E-state index in [0.717, 1.165) is 6.07 Å². The second kappa shape index (κ2) is 9.60. The van der Waals surface area contributed by atoms with E-state index in [1.165, 1.54) is 0 Å². The summed E-state index contributed by atoms with van der Waals surface area (Å²) < 4.78 is 49.0. The quantitative estimate of drug-likeness (QED) is 0.342. The summed E-state index contributed by atoms with van der Waals surface area (Å²) in [5.41, 5.74) is -1.24. The van der Waals surface area contributed by atoms with E-state index >= 15 is 0 Å². The summed E-state index contributed by atoms with van der Waals surface area (Å²) in [4.78, 5) is 39.6. The van der Waals surface area contributed by atoms with Gasteiger partial charge < -0.3 is 30.9 Å². The number of methoxy groups -OCH3 is 1. The molecule has 0 bridgehead atoms. The molecule has 5 rings (SSSR count). The number of Topliss-reactive ketones (excluding diaryl/α,β-unsaturated/α-hetero) is 2. The third-order valence-electron chi connectivity index (χ3n) is 8.69. The number of nitrogens with two attached hydrogens (primary N) is 1. The van der Waals surface area contributed by atoms with Gasteiger partial charge in [0.25, 0.3) is 5.91 Å². The molecule has 2 fully saturated rings. The number of halogens is 3. The molecule has 0 spiro atoms. The van der Waals surface area contributed by atoms with Gasteiger partial charge in [-0.3, -0.25) is 19.3 Å². The minimum atomic E-state index is -4.87. The number of carbonyl (C=O) groups is 3. The zero-order valence-electron chi connectivity index (χ0n) is 21.5. The first-order chi connectivity index (χ1) is 18.7. The molecule has 0 radical (unpaired) electrons. The Labute approximate surface area is 226 Å². The zero-order valence-corrected chi connectivity index (χ0v) is 21.5. The van der Waals surface area contributed by atoms with Crippen LogP contribution in [0.3, 0.4) is 0 Å². The number of hydrogen-bond acceptors (Lipinski definition) is 9. The fourth-order valence-electron chi connectivity index (χ4n) is 6.78. The molecule has 40 heavy (non-hydrogen) atoms. The Hall–Kier alpha value is -3.42. The molecule has 1 saturated heterocycles. The molecular formula is C27H29F3N2O8. The van der Waals surface area contributed by atoms with Crippen molar-refractivity contribution in [3.63, 3.8) is 0 Å². The highest BCUT2D eigenvalue weighted by Gasteiger charge is 2.60. The maximum atomic E-state index is 14.6. The molecule has 1 saturated carbocycles. The van der Waals surface area contributed by atoms with E-state index in [9.17, 15) is 48.0 Å². The van der Waals surface area contributed by atoms with Crippen molar-refractivity contribution in [2.24, 2.45) is 17.6 Å². The normalized spacial score (nSPS) is 27.9. The second-order valence-electron chi connectivity index (χ2n) is 10.9. The molecule has 3 atom stereocenters. The lowest BCUT2D eigenvalue weighted by Gasteiger charge is -2.46. The Morgan fingerprint density at radius 2 is 1.82 bits per heavy atom. The predicted molar refractivity (Wildman–Crippen MR) is 132 cm³/mol. The van der Waals surface area contributed by atoms with Crippen LogP contribution in [0.15, 0.2) is 23.0 Å². The Morgan fingerprint density at radius 3 is 2.40 bits per heavy atom. The summed E-state index contributed by atoms with van der Waals surface area (Å²) in [7, 11) is 1.58. The molecule has 13 heteroatoms. The smallest absolute Gasteiger partial charge is 0.417 e. The molecule has 0 aromatic heterocycles. The standard InChI is InChI=1S/C27H29F3N2O8/c1-40-14-2-4-32(5-3-14)10-12-8-16(33)19-15(21(12)27(28,29)30)7-11-6-13-9-17(34)20(25(31)38)24(37)26(13,39)23(36)18(11)22(19)35/h8,11,13-14,33,35,37,39H,2-7,9-10H2,1H3,(H2,31,38)/t11?,13-,26-/m0/s1. The molecule has 1 aromatic rings. The maximum absolute atomic E-state index is 14.6. The number of primary amides is 1. The van der Waals surface area contributed by atoms with Gasteiger partial charge in [0.15, 0.2) is 11.4 Å². The maximum Gasteiger partial charge on any atom is 0.417 e. The van der Waals surface area contributed by atoms with Crippen LogP contribution in [0.4, 0.5) is 13.2 Å². The number of phenolic OH excluding ortho intramolecular Hbond substituents is 1. The molecular weight excluding hydrogens is 537 g/mol. The first-order valence-electron chi connectivity index (χ1n) is 12.9. The number of carbonyl (C=O) groups excluding carboxylic acids is 3. The van der Waals surface area contributed by atoms with Crippen molar-refractivity contribution < 1.29 is 52.7 Å². The molecule has 4 aliphatic rings. The summed E-state index contributed by atoms with van der Waals surface area (Å²) >= 11 is 0. The van der Waals surface area contributed by atoms with Crippen LogP contribution >= 0.6 is 0 Å². The van der Waals surface area contributed by atoms with E-state index in [2.05, 4.69) is 0 Å². The van der Waals surface area contributed by atoms with Gasteiger partial charge in [0, 0.05) is 44.7 Å². The van der Waals surface area contributed by atoms with Crippen molar-refractivity contribution in [3.05, 3.63) is 45.2 Å². The Balaban J connectivity index is 1.62. The van der Waals surface area contributed by atoms with Crippen LogP contribution in [0.2, 0.25) is 0 Å². The number of likely N-dealkylation sites (tertiary alicyclic amines) is 1. The third-order valence-corrected chi connectivity index (χ3v) is 8.69. The number of piperidine rings is 1. The molecule has 216 valence electrons. The highest BCUT2D eigenvalue weighted by atomic mass is 19.4. The highest BCUT2D eigenvalue weighted by molar-refractivity contribution is 6.22. The van der Waals surface area contributed by atoms with E-state index in [-0.39, 0.29) is 24.6 Å². The van der Waals surface area contributed by atoms with Gasteiger partial charge in [-0.05, 0) is 48.8 Å². The van der Waals surface area contributed by atoms with E-state index in [1.807, 2.05) is 4.90 Å². The van der Waals surface area contributed by atoms with E-state index in [4.69, 9.17) is 10.5 Å². The average molecular weight is 567 g/mol. The van der Waals surface area contributed by atoms with Crippen molar-refractivity contribution >= 4 is 23.2 Å². The molecule has 3 aliphatic carbocycles. The fraction of sp³-hybridized carbons (Fsp3) is 0.519. The molecule has 1 heterocycles. The molecule has 1 aliphatic heterocycles. The lowest BCUT2D eigenvalue weighted by molar-refractivity contribution is -0.147. The topological polar surface area (TPSA) is 171 Å². The average Bonchev–Trinajstić information content (AvgIpc) is 2.85. The number of fused-ring (bicyclic) bond motifs is 3. The summed E-state index contributed by atoms with van der Waals surface area (Å²) in [6, 6.07) is 0.924. The number of ketones is 2. The van der Waals surface area contributed by atoms with Crippen LogP contribution in [0.1, 0.15) is 47.9 Å². The van der Waals surface area contributed by atoms with Crippen LogP contribution in [-0.2, 0) is 38.3 Å². The van der Waals surface area contributed by atoms with Gasteiger partial charge in [0.1, 0.15) is 22.8 Å². The number of rotatable bonds is 4. The first kappa shape index (κ1) is 28.1. The van der Waals surface area contributed by atoms with Gasteiger partial charge in [-0.25, -0.2) is 0 Å². The first-order valence-corrected chi connectivity index (χ1v) is 12.9. The number of nitrogens with zero attached hydrogens (tertiary/aromatic N) is 1. The minimum Gasteiger partial charge on any atom is -0.508 e. The van der Waals surface area contributed by atoms with Gasteiger partial charge in [-0.1, -0.05) is 0 Å². The van der Waals surface area contributed by atoms with Gasteiger partial charge in [0.05, 0.1) is 17.2 Å². The zero-order chi connectivity index (χ0) is 29.3. The largest absolute Gasteiger partial charge is 0.508 e. The lowest BCUT2D eigenvalue weighted by atomic mass is 9.59. The van der Waals surface area contributed by atoms with Crippen molar-refractivity contribution in [1.29, 1.82) is 0 Å². The summed E-state index contributed by atoms with van der Waals surface area (Å²) in [6.07, 6.45) is -4.82. The van der Waals surface area contributed by atoms with E-state index < -0.39 is 99.0 Å². The fourth-order valence-corrected chi connectivity index (χ4v) is 6.78. The Kier molecular flexibility index (Phi) is 6.75. The number of ether oxygens (including phenoxy) is 1. The van der Waals surface area contributed by atoms with Gasteiger partial charge in [-0.2, -0.15) is 13.2 Å². The number of aromatic hydroxyl groups is 1. The van der Waals surface area contributed by atoms with Crippen molar-refractivity contribution in [2.75, 3.05) is 20.2 Å². The summed E-state index contributed by atoms with van der Waals surface area (Å²) in [6.45, 7) is 0.857. The number of aliphatic hydroxyl groups excluding tert-OH is 2. The number of aliphatic hydroxyl groups is 3. The number of phenols is 1. The summed E-state index contributed by atoms with van der Waals surface area (Å²) in [5, 5.41) is 43.8. The van der Waals surface area contributed by atoms with Gasteiger partial charge in [-0.15, -0.1) is 0 Å². The second-order valence-corrected chi connectivity index (χ2v) is 10.9.